The number of nitrogens with zero attached hydrogens (tertiary/aromatic N) is 1. The molecule has 0 radical (unpaired) electrons. The van der Waals surface area contributed by atoms with Crippen molar-refractivity contribution in [2.24, 2.45) is 0 Å². The molecule has 0 spiro atoms. The van der Waals surface area contributed by atoms with Gasteiger partial charge in [0.05, 0.1) is 18.3 Å². The van der Waals surface area contributed by atoms with Gasteiger partial charge in [-0.2, -0.15) is 0 Å². The third kappa shape index (κ3) is 2.15. The Balaban J connectivity index is 1.84. The lowest BCUT2D eigenvalue weighted by Crippen LogP contribution is -2.43. The van der Waals surface area contributed by atoms with Crippen LogP contribution in [0.1, 0.15) is 12.0 Å². The highest BCUT2D eigenvalue weighted by molar-refractivity contribution is 5.99. The molecule has 20 heavy (non-hydrogen) atoms. The molecule has 108 valence electrons. The number of halogens is 4. The average molecular weight is 288 g/mol. The molecule has 1 unspecified atom stereocenters. The van der Waals surface area contributed by atoms with Crippen molar-refractivity contribution in [1.82, 2.24) is 5.32 Å². The Morgan fingerprint density at radius 1 is 1.30 bits per heavy atom. The number of fused-ring (bicyclic) bond motifs is 1. The van der Waals surface area contributed by atoms with Gasteiger partial charge in [-0.25, -0.2) is 17.6 Å². The standard InChI is InChI=1S/C13H12F4N2O/c14-8-3-7-1-2-19(11(7)4-9(8)15)12(20)10-5-13(16,17)6-18-10/h3-4,10,18H,1-2,5-6H2. The minimum atomic E-state index is -2.91. The number of anilines is 1. The summed E-state index contributed by atoms with van der Waals surface area (Å²) in [4.78, 5) is 13.5. The van der Waals surface area contributed by atoms with Crippen LogP contribution in [-0.2, 0) is 11.2 Å². The summed E-state index contributed by atoms with van der Waals surface area (Å²) >= 11 is 0. The molecular formula is C13H12F4N2O. The van der Waals surface area contributed by atoms with Crippen LogP contribution in [-0.4, -0.2) is 31.0 Å². The number of amides is 1. The normalized spacial score (nSPS) is 24.0. The minimum absolute atomic E-state index is 0.251. The van der Waals surface area contributed by atoms with Gasteiger partial charge in [-0.1, -0.05) is 0 Å². The molecule has 0 aromatic heterocycles. The Kier molecular flexibility index (Phi) is 2.97. The number of rotatable bonds is 1. The van der Waals surface area contributed by atoms with Crippen LogP contribution in [0, 0.1) is 11.6 Å². The van der Waals surface area contributed by atoms with Crippen molar-refractivity contribution in [3.63, 3.8) is 0 Å². The summed E-state index contributed by atoms with van der Waals surface area (Å²) in [6.07, 6.45) is -0.178. The Hall–Kier alpha value is -1.63. The number of carbonyl (C=O) groups excluding carboxylic acids is 1. The topological polar surface area (TPSA) is 32.3 Å². The van der Waals surface area contributed by atoms with Crippen LogP contribution < -0.4 is 10.2 Å². The molecule has 0 bridgehead atoms. The highest BCUT2D eigenvalue weighted by Crippen LogP contribution is 2.33. The van der Waals surface area contributed by atoms with E-state index in [0.29, 0.717) is 12.0 Å². The molecule has 1 aromatic rings. The predicted octanol–water partition coefficient (Wildman–Crippen LogP) is 1.85. The number of benzene rings is 1. The molecule has 1 atom stereocenters. The maximum absolute atomic E-state index is 13.3. The lowest BCUT2D eigenvalue weighted by Gasteiger charge is -2.21. The van der Waals surface area contributed by atoms with Gasteiger partial charge >= 0.3 is 0 Å². The summed E-state index contributed by atoms with van der Waals surface area (Å²) < 4.78 is 52.6. The van der Waals surface area contributed by atoms with Crippen LogP contribution in [0.2, 0.25) is 0 Å². The van der Waals surface area contributed by atoms with Gasteiger partial charge in [-0.15, -0.1) is 0 Å². The van der Waals surface area contributed by atoms with Crippen molar-refractivity contribution in [2.75, 3.05) is 18.0 Å². The summed E-state index contributed by atoms with van der Waals surface area (Å²) in [6, 6.07) is 1.01. The molecule has 1 saturated heterocycles. The third-order valence-electron chi connectivity index (χ3n) is 3.69. The Morgan fingerprint density at radius 3 is 2.65 bits per heavy atom. The van der Waals surface area contributed by atoms with E-state index in [1.54, 1.807) is 0 Å². The molecule has 0 saturated carbocycles. The zero-order chi connectivity index (χ0) is 14.5. The van der Waals surface area contributed by atoms with E-state index in [0.717, 1.165) is 12.1 Å². The molecule has 1 amide bonds. The molecule has 3 nitrogen and oxygen atoms in total. The smallest absolute Gasteiger partial charge is 0.262 e. The second-order valence-corrected chi connectivity index (χ2v) is 5.13. The van der Waals surface area contributed by atoms with E-state index in [4.69, 9.17) is 0 Å². The minimum Gasteiger partial charge on any atom is -0.310 e. The predicted molar refractivity (Wildman–Crippen MR) is 63.8 cm³/mol. The fourth-order valence-electron chi connectivity index (χ4n) is 2.69. The second kappa shape index (κ2) is 4.44. The molecule has 0 aliphatic carbocycles. The second-order valence-electron chi connectivity index (χ2n) is 5.13. The molecule has 1 N–H and O–H groups in total. The van der Waals surface area contributed by atoms with Crippen LogP contribution in [0.15, 0.2) is 12.1 Å². The lowest BCUT2D eigenvalue weighted by atomic mass is 10.1. The quantitative estimate of drug-likeness (QED) is 0.800. The molecule has 7 heteroatoms. The van der Waals surface area contributed by atoms with Crippen molar-refractivity contribution in [3.8, 4) is 0 Å². The Labute approximate surface area is 112 Å². The van der Waals surface area contributed by atoms with Crippen LogP contribution in [0.5, 0.6) is 0 Å². The maximum Gasteiger partial charge on any atom is 0.262 e. The number of hydrogen-bond acceptors (Lipinski definition) is 2. The first-order valence-corrected chi connectivity index (χ1v) is 6.28. The van der Waals surface area contributed by atoms with E-state index in [9.17, 15) is 22.4 Å². The zero-order valence-corrected chi connectivity index (χ0v) is 10.4. The van der Waals surface area contributed by atoms with E-state index >= 15 is 0 Å². The van der Waals surface area contributed by atoms with E-state index in [1.807, 2.05) is 0 Å². The summed E-state index contributed by atoms with van der Waals surface area (Å²) in [6.45, 7) is -0.289. The maximum atomic E-state index is 13.3. The molecule has 2 heterocycles. The van der Waals surface area contributed by atoms with E-state index in [2.05, 4.69) is 5.32 Å². The summed E-state index contributed by atoms with van der Waals surface area (Å²) in [5.41, 5.74) is 0.785. The third-order valence-corrected chi connectivity index (χ3v) is 3.69. The average Bonchev–Trinajstić information content (AvgIpc) is 2.93. The Bertz CT molecular complexity index is 576. The molecule has 3 rings (SSSR count). The highest BCUT2D eigenvalue weighted by Gasteiger charge is 2.44. The van der Waals surface area contributed by atoms with Gasteiger partial charge in [-0.05, 0) is 18.1 Å². The first kappa shape index (κ1) is 13.4. The zero-order valence-electron chi connectivity index (χ0n) is 10.4. The fourth-order valence-corrected chi connectivity index (χ4v) is 2.69. The molecule has 2 aliphatic heterocycles. The number of alkyl halides is 2. The summed E-state index contributed by atoms with van der Waals surface area (Å²) in [5, 5.41) is 2.47. The van der Waals surface area contributed by atoms with Crippen molar-refractivity contribution in [2.45, 2.75) is 24.8 Å². The number of carbonyl (C=O) groups is 1. The van der Waals surface area contributed by atoms with Crippen LogP contribution >= 0.6 is 0 Å². The van der Waals surface area contributed by atoms with Gasteiger partial charge in [0, 0.05) is 19.0 Å². The van der Waals surface area contributed by atoms with Crippen LogP contribution in [0.25, 0.3) is 0 Å². The Morgan fingerprint density at radius 2 is 2.00 bits per heavy atom. The van der Waals surface area contributed by atoms with Gasteiger partial charge in [0.1, 0.15) is 0 Å². The van der Waals surface area contributed by atoms with Crippen molar-refractivity contribution in [3.05, 3.63) is 29.3 Å². The largest absolute Gasteiger partial charge is 0.310 e. The van der Waals surface area contributed by atoms with E-state index in [-0.39, 0.29) is 12.2 Å². The molecule has 2 aliphatic rings. The monoisotopic (exact) mass is 288 g/mol. The van der Waals surface area contributed by atoms with Crippen LogP contribution in [0.4, 0.5) is 23.2 Å². The van der Waals surface area contributed by atoms with E-state index in [1.165, 1.54) is 4.90 Å². The molecule has 1 fully saturated rings. The molecule has 1 aromatic carbocycles. The SMILES string of the molecule is O=C(C1CC(F)(F)CN1)N1CCc2cc(F)c(F)cc21. The first-order valence-electron chi connectivity index (χ1n) is 6.28. The van der Waals surface area contributed by atoms with Gasteiger partial charge in [-0.3, -0.25) is 10.1 Å². The highest BCUT2D eigenvalue weighted by atomic mass is 19.3. The first-order chi connectivity index (χ1) is 9.37. The number of nitrogens with one attached hydrogen (secondary N) is 1. The summed E-state index contributed by atoms with van der Waals surface area (Å²) in [5.74, 6) is -5.44. The lowest BCUT2D eigenvalue weighted by molar-refractivity contribution is -0.120. The van der Waals surface area contributed by atoms with Crippen molar-refractivity contribution >= 4 is 11.6 Å². The molecular weight excluding hydrogens is 276 g/mol. The fraction of sp³-hybridized carbons (Fsp3) is 0.462. The van der Waals surface area contributed by atoms with E-state index < -0.39 is 42.5 Å². The number of hydrogen-bond donors (Lipinski definition) is 1. The van der Waals surface area contributed by atoms with Crippen LogP contribution in [0.3, 0.4) is 0 Å². The van der Waals surface area contributed by atoms with Gasteiger partial charge < -0.3 is 4.90 Å². The van der Waals surface area contributed by atoms with Gasteiger partial charge in [0.25, 0.3) is 5.92 Å². The van der Waals surface area contributed by atoms with Crippen molar-refractivity contribution < 1.29 is 22.4 Å². The summed E-state index contributed by atoms with van der Waals surface area (Å²) in [7, 11) is 0. The van der Waals surface area contributed by atoms with Gasteiger partial charge in [0.2, 0.25) is 5.91 Å². The van der Waals surface area contributed by atoms with Gasteiger partial charge in [0.15, 0.2) is 11.6 Å². The van der Waals surface area contributed by atoms with Crippen molar-refractivity contribution in [1.29, 1.82) is 0 Å².